The number of thiazole rings is 1. The number of halogens is 6. The highest BCUT2D eigenvalue weighted by Gasteiger charge is 2.37. The Bertz CT molecular complexity index is 3520. The fourth-order valence-electron chi connectivity index (χ4n) is 10.2. The van der Waals surface area contributed by atoms with E-state index in [9.17, 15) is 64.7 Å². The van der Waals surface area contributed by atoms with Crippen LogP contribution in [-0.4, -0.2) is 117 Å². The standard InChI is InChI=1S/C70H92F6N6O13S2/c1-42(78-61(87)92-65(2,3)4)20-16-14-17-21-50(83)36-44-32-48(69(71,72)73)33-45(59(44)91-54-26-28-82(41-54)64(90)95-68(11,12)13)37-52(85)30-43-24-25-55-56(31-43)97-58(79-55)40-53(86)39-47-35-49(70(74,75)76)34-46(60(47)96-29-27-77)38-51(84)22-18-15-19-23-57(80-62(88)93-66(5,6)7)81-63(89)94-67(8,9)10/h24-25,31-35,54H,1,14-23,26-30,36-41,77H2,2-13H3,(H,78,87)(H,80,81,88,89)/t54-/m1/s1. The molecule has 5 rings (SSSR count). The summed E-state index contributed by atoms with van der Waals surface area (Å²) in [5.74, 6) is -1.58. The average Bonchev–Trinajstić information content (AvgIpc) is 1.30. The molecule has 0 aliphatic carbocycles. The number of aliphatic imine (C=N–C) groups is 1. The largest absolute Gasteiger partial charge is 0.488 e. The van der Waals surface area contributed by atoms with Crippen LogP contribution in [0.4, 0.5) is 45.5 Å². The summed E-state index contributed by atoms with van der Waals surface area (Å²) in [5.41, 5.74) is 1.73. The second kappa shape index (κ2) is 34.9. The van der Waals surface area contributed by atoms with Crippen molar-refractivity contribution in [2.45, 2.75) is 238 Å². The molecule has 534 valence electrons. The number of unbranched alkanes of at least 4 members (excludes halogenated alkanes) is 4. The minimum Gasteiger partial charge on any atom is -0.488 e. The number of benzene rings is 3. The zero-order valence-corrected chi connectivity index (χ0v) is 59.1. The molecule has 1 fully saturated rings. The number of rotatable bonds is 30. The fourth-order valence-corrected chi connectivity index (χ4v) is 12.2. The van der Waals surface area contributed by atoms with E-state index in [2.05, 4.69) is 27.2 Å². The van der Waals surface area contributed by atoms with Gasteiger partial charge in [-0.3, -0.25) is 29.8 Å². The Morgan fingerprint density at radius 2 is 1.09 bits per heavy atom. The number of amidine groups is 1. The van der Waals surface area contributed by atoms with E-state index < -0.39 is 107 Å². The summed E-state index contributed by atoms with van der Waals surface area (Å²) in [6.07, 6.45) is -12.6. The number of ketones is 4. The highest BCUT2D eigenvalue weighted by molar-refractivity contribution is 7.99. The second-order valence-electron chi connectivity index (χ2n) is 28.0. The number of Topliss-reactive ketones (excluding diaryl/α,β-unsaturated/α-hetero) is 4. The molecular formula is C70H92F6N6O13S2. The third-order valence-corrected chi connectivity index (χ3v) is 16.4. The minimum absolute atomic E-state index is 0.00324. The van der Waals surface area contributed by atoms with Gasteiger partial charge in [0.05, 0.1) is 34.3 Å². The van der Waals surface area contributed by atoms with Gasteiger partial charge in [-0.05, 0) is 168 Å². The lowest BCUT2D eigenvalue weighted by molar-refractivity contribution is -0.138. The van der Waals surface area contributed by atoms with E-state index in [-0.39, 0.29) is 116 Å². The third kappa shape index (κ3) is 29.3. The van der Waals surface area contributed by atoms with Gasteiger partial charge in [-0.1, -0.05) is 25.5 Å². The summed E-state index contributed by atoms with van der Waals surface area (Å²) < 4.78 is 116. The number of nitrogens with zero attached hydrogens (tertiary/aromatic N) is 3. The second-order valence-corrected chi connectivity index (χ2v) is 30.2. The van der Waals surface area contributed by atoms with Crippen LogP contribution < -0.4 is 21.1 Å². The lowest BCUT2D eigenvalue weighted by Gasteiger charge is -2.25. The van der Waals surface area contributed by atoms with Crippen LogP contribution in [0.15, 0.2) is 64.6 Å². The number of hydrogen-bond donors (Lipinski definition) is 3. The van der Waals surface area contributed by atoms with Gasteiger partial charge in [-0.25, -0.2) is 24.2 Å². The van der Waals surface area contributed by atoms with Gasteiger partial charge in [0, 0.05) is 98.3 Å². The number of nitrogens with one attached hydrogen (secondary N) is 2. The molecule has 97 heavy (non-hydrogen) atoms. The van der Waals surface area contributed by atoms with Crippen LogP contribution in [-0.2, 0) is 89.0 Å². The quantitative estimate of drug-likeness (QED) is 0.0109. The maximum Gasteiger partial charge on any atom is 0.435 e. The van der Waals surface area contributed by atoms with Crippen LogP contribution in [0.1, 0.15) is 198 Å². The molecule has 0 radical (unpaired) electrons. The maximum atomic E-state index is 14.8. The van der Waals surface area contributed by atoms with Gasteiger partial charge in [0.2, 0.25) is 0 Å². The van der Waals surface area contributed by atoms with Crippen molar-refractivity contribution < 1.29 is 88.4 Å². The van der Waals surface area contributed by atoms with Crippen LogP contribution in [0.2, 0.25) is 0 Å². The molecule has 1 aromatic heterocycles. The highest BCUT2D eigenvalue weighted by Crippen LogP contribution is 2.40. The Labute approximate surface area is 571 Å². The van der Waals surface area contributed by atoms with Crippen molar-refractivity contribution in [2.24, 2.45) is 10.7 Å². The van der Waals surface area contributed by atoms with Gasteiger partial charge in [-0.15, -0.1) is 23.1 Å². The number of thioether (sulfide) groups is 1. The summed E-state index contributed by atoms with van der Waals surface area (Å²) >= 11 is 2.24. The number of nitrogens with two attached hydrogens (primary N) is 1. The molecule has 0 bridgehead atoms. The lowest BCUT2D eigenvalue weighted by atomic mass is 9.94. The van der Waals surface area contributed by atoms with Gasteiger partial charge >= 0.3 is 36.7 Å². The molecule has 0 unspecified atom stereocenters. The van der Waals surface area contributed by atoms with E-state index >= 15 is 0 Å². The van der Waals surface area contributed by atoms with Crippen LogP contribution >= 0.6 is 23.1 Å². The first-order valence-electron chi connectivity index (χ1n) is 32.3. The summed E-state index contributed by atoms with van der Waals surface area (Å²) in [6.45, 7) is 24.5. The summed E-state index contributed by atoms with van der Waals surface area (Å²) in [6, 6.07) is 8.37. The van der Waals surface area contributed by atoms with Gasteiger partial charge in [0.1, 0.15) is 68.2 Å². The van der Waals surface area contributed by atoms with Crippen molar-refractivity contribution in [2.75, 3.05) is 25.4 Å². The van der Waals surface area contributed by atoms with Crippen LogP contribution in [0.3, 0.4) is 0 Å². The number of amides is 4. The molecule has 4 N–H and O–H groups in total. The Morgan fingerprint density at radius 1 is 0.608 bits per heavy atom. The molecule has 1 aliphatic heterocycles. The number of fused-ring (bicyclic) bond motifs is 1. The van der Waals surface area contributed by atoms with E-state index in [0.717, 1.165) is 47.4 Å². The first kappa shape index (κ1) is 80.3. The Kier molecular flexibility index (Phi) is 28.9. The number of alkyl halides is 6. The zero-order chi connectivity index (χ0) is 72.4. The van der Waals surface area contributed by atoms with Gasteiger partial charge in [0.15, 0.2) is 0 Å². The van der Waals surface area contributed by atoms with E-state index in [1.54, 1.807) is 101 Å². The Morgan fingerprint density at radius 3 is 1.63 bits per heavy atom. The number of ether oxygens (including phenoxy) is 5. The number of likely N-dealkylation sites (tertiary alicyclic amines) is 1. The van der Waals surface area contributed by atoms with Crippen LogP contribution in [0.25, 0.3) is 10.2 Å². The summed E-state index contributed by atoms with van der Waals surface area (Å²) in [5, 5.41) is 5.38. The van der Waals surface area contributed by atoms with Gasteiger partial charge in [0.25, 0.3) is 0 Å². The van der Waals surface area contributed by atoms with Gasteiger partial charge < -0.3 is 34.3 Å². The monoisotopic (exact) mass is 1400 g/mol. The SMILES string of the molecule is C=C(CCCCCC(=O)Cc1cc(C(F)(F)F)cc(CC(=O)Cc2ccc3nc(CC(=O)Cc4cc(C(F)(F)F)cc(CC(=O)CCCCCC(=NC(=O)OC(C)(C)C)NC(=O)OC(C)(C)C)c4SCCN)sc3c2)c1O[C@@H]1CCN(C(=O)OC(C)(C)C)C1)NC(=O)OC(C)(C)C. The number of carbonyl (C=O) groups is 8. The molecule has 27 heteroatoms. The number of aromatic nitrogens is 1. The third-order valence-electron chi connectivity index (χ3n) is 14.1. The molecular weight excluding hydrogens is 1310 g/mol. The van der Waals surface area contributed by atoms with E-state index in [0.29, 0.717) is 76.3 Å². The molecule has 0 saturated carbocycles. The van der Waals surface area contributed by atoms with Crippen molar-refractivity contribution in [1.29, 1.82) is 0 Å². The van der Waals surface area contributed by atoms with Crippen molar-refractivity contribution in [1.82, 2.24) is 20.5 Å². The van der Waals surface area contributed by atoms with Gasteiger partial charge in [-0.2, -0.15) is 31.3 Å². The number of alkyl carbamates (subject to hydrolysis) is 2. The Hall–Kier alpha value is -7.39. The number of carbonyl (C=O) groups excluding carboxylic acids is 8. The summed E-state index contributed by atoms with van der Waals surface area (Å²) in [7, 11) is 0. The van der Waals surface area contributed by atoms with E-state index in [1.165, 1.54) is 4.90 Å². The van der Waals surface area contributed by atoms with E-state index in [1.807, 2.05) is 0 Å². The van der Waals surface area contributed by atoms with Crippen LogP contribution in [0, 0.1) is 0 Å². The van der Waals surface area contributed by atoms with Crippen molar-refractivity contribution in [3.63, 3.8) is 0 Å². The molecule has 3 aromatic carbocycles. The summed E-state index contributed by atoms with van der Waals surface area (Å²) in [4.78, 5) is 116. The first-order valence-corrected chi connectivity index (χ1v) is 34.1. The molecule has 4 aromatic rings. The molecule has 1 saturated heterocycles. The normalized spacial score (nSPS) is 14.1. The first-order chi connectivity index (χ1) is 44.9. The lowest BCUT2D eigenvalue weighted by Crippen LogP contribution is -2.37. The van der Waals surface area contributed by atoms with Crippen molar-refractivity contribution in [3.05, 3.63) is 98.7 Å². The maximum absolute atomic E-state index is 14.8. The molecule has 19 nitrogen and oxygen atoms in total. The molecule has 4 amide bonds. The van der Waals surface area contributed by atoms with Crippen molar-refractivity contribution in [3.8, 4) is 5.75 Å². The minimum atomic E-state index is -4.89. The fraction of sp³-hybridized carbons (Fsp3) is 0.571. The molecule has 1 aliphatic rings. The molecule has 1 atom stereocenters. The predicted octanol–water partition coefficient (Wildman–Crippen LogP) is 15.5. The van der Waals surface area contributed by atoms with E-state index in [4.69, 9.17) is 29.4 Å². The molecule has 2 heterocycles. The highest BCUT2D eigenvalue weighted by atomic mass is 32.2. The van der Waals surface area contributed by atoms with Crippen molar-refractivity contribution >= 4 is 86.7 Å². The van der Waals surface area contributed by atoms with Crippen LogP contribution in [0.5, 0.6) is 5.75 Å². The topological polar surface area (TPSA) is 261 Å². The molecule has 0 spiro atoms. The number of allylic oxidation sites excluding steroid dienone is 1. The average molecular weight is 1400 g/mol. The smallest absolute Gasteiger partial charge is 0.435 e. The predicted molar refractivity (Wildman–Crippen MR) is 359 cm³/mol. The number of hydrogen-bond acceptors (Lipinski definition) is 17. The Balaban J connectivity index is 1.31. The zero-order valence-electron chi connectivity index (χ0n) is 57.5.